The lowest BCUT2D eigenvalue weighted by Crippen LogP contribution is -2.37. The van der Waals surface area contributed by atoms with Crippen molar-refractivity contribution in [3.63, 3.8) is 0 Å². The van der Waals surface area contributed by atoms with Gasteiger partial charge in [-0.15, -0.1) is 0 Å². The molecular formula is C43H44O11. The third-order valence-corrected chi connectivity index (χ3v) is 9.86. The highest BCUT2D eigenvalue weighted by Gasteiger charge is 2.49. The number of carbonyl (C=O) groups excluding carboxylic acids is 4. The Morgan fingerprint density at radius 1 is 0.574 bits per heavy atom. The summed E-state index contributed by atoms with van der Waals surface area (Å²) in [5.41, 5.74) is 0.400. The van der Waals surface area contributed by atoms with Crippen molar-refractivity contribution in [2.45, 2.75) is 75.8 Å². The number of ketones is 1. The van der Waals surface area contributed by atoms with Gasteiger partial charge in [-0.2, -0.15) is 0 Å². The molecular weight excluding hydrogens is 692 g/mol. The number of ether oxygens (including phenoxy) is 5. The van der Waals surface area contributed by atoms with E-state index in [-0.39, 0.29) is 56.0 Å². The zero-order valence-electron chi connectivity index (χ0n) is 30.0. The van der Waals surface area contributed by atoms with Crippen molar-refractivity contribution in [2.24, 2.45) is 0 Å². The predicted octanol–water partition coefficient (Wildman–Crippen LogP) is 6.49. The number of Topliss-reactive ketones (excluding diaryl/α,β-unsaturated/α-hetero) is 1. The fraction of sp³-hybridized carbons (Fsp3) is 0.349. The SMILES string of the molecule is O=C(CCCCCCC(=O)OC[C@@]1(CO)OC(=O)c2c(OCc3ccccc3)cccc21)CC[C@@]1(CO)OC(=O)c2c(OCc3ccccc3)cccc21. The van der Waals surface area contributed by atoms with Crippen molar-refractivity contribution >= 4 is 23.7 Å². The number of rotatable bonds is 20. The molecule has 0 spiro atoms. The molecule has 0 radical (unpaired) electrons. The summed E-state index contributed by atoms with van der Waals surface area (Å²) in [5.74, 6) is -1.07. The number of hydrogen-bond donors (Lipinski definition) is 2. The van der Waals surface area contributed by atoms with Crippen molar-refractivity contribution in [3.05, 3.63) is 130 Å². The third kappa shape index (κ3) is 8.64. The Bertz CT molecular complexity index is 1800. The summed E-state index contributed by atoms with van der Waals surface area (Å²) in [4.78, 5) is 51.3. The molecule has 0 saturated carbocycles. The highest BCUT2D eigenvalue weighted by atomic mass is 16.6. The van der Waals surface area contributed by atoms with Crippen LogP contribution in [0.25, 0.3) is 0 Å². The maximum Gasteiger partial charge on any atom is 0.343 e. The summed E-state index contributed by atoms with van der Waals surface area (Å²) in [6, 6.07) is 29.2. The Morgan fingerprint density at radius 2 is 1.07 bits per heavy atom. The van der Waals surface area contributed by atoms with Gasteiger partial charge in [-0.3, -0.25) is 9.59 Å². The molecule has 2 heterocycles. The number of aliphatic hydroxyl groups excluding tert-OH is 2. The van der Waals surface area contributed by atoms with Crippen LogP contribution in [0, 0.1) is 0 Å². The second-order valence-corrected chi connectivity index (χ2v) is 13.6. The van der Waals surface area contributed by atoms with Gasteiger partial charge in [0.2, 0.25) is 0 Å². The van der Waals surface area contributed by atoms with Gasteiger partial charge in [0.05, 0.1) is 13.2 Å². The van der Waals surface area contributed by atoms with Crippen molar-refractivity contribution in [2.75, 3.05) is 19.8 Å². The molecule has 0 aliphatic carbocycles. The highest BCUT2D eigenvalue weighted by molar-refractivity contribution is 5.98. The first-order chi connectivity index (χ1) is 26.3. The Kier molecular flexibility index (Phi) is 12.4. The summed E-state index contributed by atoms with van der Waals surface area (Å²) in [6.45, 7) is -0.873. The average Bonchev–Trinajstić information content (AvgIpc) is 3.67. The largest absolute Gasteiger partial charge is 0.488 e. The molecule has 2 N–H and O–H groups in total. The van der Waals surface area contributed by atoms with Gasteiger partial charge in [0.15, 0.2) is 11.2 Å². The molecule has 11 heteroatoms. The zero-order valence-corrected chi connectivity index (χ0v) is 30.0. The number of hydrogen-bond acceptors (Lipinski definition) is 11. The Labute approximate surface area is 313 Å². The molecule has 4 aromatic carbocycles. The van der Waals surface area contributed by atoms with E-state index in [2.05, 4.69) is 0 Å². The predicted molar refractivity (Wildman–Crippen MR) is 196 cm³/mol. The number of cyclic esters (lactones) is 2. The average molecular weight is 737 g/mol. The van der Waals surface area contributed by atoms with Gasteiger partial charge in [0.25, 0.3) is 0 Å². The van der Waals surface area contributed by atoms with E-state index in [1.165, 1.54) is 0 Å². The van der Waals surface area contributed by atoms with Crippen LogP contribution in [-0.2, 0) is 48.2 Å². The van der Waals surface area contributed by atoms with Crippen LogP contribution in [0.3, 0.4) is 0 Å². The minimum Gasteiger partial charge on any atom is -0.488 e. The highest BCUT2D eigenvalue weighted by Crippen LogP contribution is 2.44. The number of esters is 3. The van der Waals surface area contributed by atoms with Crippen LogP contribution in [0.4, 0.5) is 0 Å². The Balaban J connectivity index is 0.915. The first-order valence-corrected chi connectivity index (χ1v) is 18.2. The van der Waals surface area contributed by atoms with Gasteiger partial charge in [-0.1, -0.05) is 97.8 Å². The summed E-state index contributed by atoms with van der Waals surface area (Å²) < 4.78 is 28.6. The van der Waals surface area contributed by atoms with E-state index in [9.17, 15) is 29.4 Å². The maximum absolute atomic E-state index is 12.9. The smallest absolute Gasteiger partial charge is 0.343 e. The van der Waals surface area contributed by atoms with Gasteiger partial charge in [0.1, 0.15) is 48.2 Å². The van der Waals surface area contributed by atoms with Crippen molar-refractivity contribution < 1.29 is 53.1 Å². The Morgan fingerprint density at radius 3 is 1.61 bits per heavy atom. The molecule has 2 aliphatic heterocycles. The van der Waals surface area contributed by atoms with E-state index in [0.717, 1.165) is 11.1 Å². The van der Waals surface area contributed by atoms with Crippen LogP contribution in [-0.4, -0.2) is 53.7 Å². The molecule has 6 rings (SSSR count). The molecule has 4 aromatic rings. The molecule has 0 amide bonds. The van der Waals surface area contributed by atoms with E-state index in [1.807, 2.05) is 60.7 Å². The lowest BCUT2D eigenvalue weighted by Gasteiger charge is -2.26. The van der Waals surface area contributed by atoms with Gasteiger partial charge >= 0.3 is 17.9 Å². The monoisotopic (exact) mass is 736 g/mol. The van der Waals surface area contributed by atoms with Crippen LogP contribution < -0.4 is 9.47 Å². The van der Waals surface area contributed by atoms with E-state index in [0.29, 0.717) is 54.7 Å². The minimum absolute atomic E-state index is 0.0162. The molecule has 0 saturated heterocycles. The van der Waals surface area contributed by atoms with Crippen LogP contribution >= 0.6 is 0 Å². The molecule has 0 aromatic heterocycles. The molecule has 0 bridgehead atoms. The first-order valence-electron chi connectivity index (χ1n) is 18.2. The van der Waals surface area contributed by atoms with E-state index < -0.39 is 42.3 Å². The van der Waals surface area contributed by atoms with Crippen LogP contribution in [0.2, 0.25) is 0 Å². The van der Waals surface area contributed by atoms with Crippen LogP contribution in [0.1, 0.15) is 94.3 Å². The van der Waals surface area contributed by atoms with Gasteiger partial charge in [-0.25, -0.2) is 9.59 Å². The summed E-state index contributed by atoms with van der Waals surface area (Å²) in [6.07, 6.45) is 3.24. The molecule has 0 unspecified atom stereocenters. The quantitative estimate of drug-likeness (QED) is 0.0581. The normalized spacial score (nSPS) is 18.3. The second kappa shape index (κ2) is 17.5. The second-order valence-electron chi connectivity index (χ2n) is 13.6. The molecule has 2 aliphatic rings. The molecule has 11 nitrogen and oxygen atoms in total. The molecule has 54 heavy (non-hydrogen) atoms. The number of benzene rings is 4. The van der Waals surface area contributed by atoms with Gasteiger partial charge in [0, 0.05) is 36.8 Å². The zero-order chi connectivity index (χ0) is 38.0. The summed E-state index contributed by atoms with van der Waals surface area (Å²) in [5, 5.41) is 20.6. The summed E-state index contributed by atoms with van der Waals surface area (Å²) in [7, 11) is 0. The van der Waals surface area contributed by atoms with Crippen molar-refractivity contribution in [1.82, 2.24) is 0 Å². The topological polar surface area (TPSA) is 155 Å². The number of aliphatic hydroxyl groups is 2. The minimum atomic E-state index is -1.53. The van der Waals surface area contributed by atoms with Crippen LogP contribution in [0.5, 0.6) is 11.5 Å². The fourth-order valence-corrected chi connectivity index (χ4v) is 6.85. The molecule has 0 fully saturated rings. The number of fused-ring (bicyclic) bond motifs is 2. The number of unbranched alkanes of at least 4 members (excludes halogenated alkanes) is 3. The Hall–Kier alpha value is -5.52. The van der Waals surface area contributed by atoms with Crippen molar-refractivity contribution in [3.8, 4) is 11.5 Å². The lowest BCUT2D eigenvalue weighted by molar-refractivity contribution is -0.154. The maximum atomic E-state index is 12.9. The molecule has 282 valence electrons. The standard InChI is InChI=1S/C43H44O11/c44-27-42(33-18-11-20-35(38(33)40(48)53-42)50-25-30-13-5-3-6-14-30)24-23-32(46)17-9-1-2-10-22-37(47)52-29-43(28-45)34-19-12-21-36(39(34)41(49)54-43)51-26-31-15-7-4-8-16-31/h3-8,11-16,18-21,44-45H,1-2,9-10,17,22-29H2/t42-,43+/m0/s1. The third-order valence-electron chi connectivity index (χ3n) is 9.86. The van der Waals surface area contributed by atoms with Crippen molar-refractivity contribution in [1.29, 1.82) is 0 Å². The van der Waals surface area contributed by atoms with E-state index in [4.69, 9.17) is 23.7 Å². The number of carbonyl (C=O) groups is 4. The van der Waals surface area contributed by atoms with Crippen LogP contribution in [0.15, 0.2) is 97.1 Å². The summed E-state index contributed by atoms with van der Waals surface area (Å²) >= 11 is 0. The lowest BCUT2D eigenvalue weighted by atomic mass is 9.87. The van der Waals surface area contributed by atoms with Gasteiger partial charge in [-0.05, 0) is 36.1 Å². The first kappa shape index (κ1) is 38.2. The van der Waals surface area contributed by atoms with E-state index >= 15 is 0 Å². The van der Waals surface area contributed by atoms with E-state index in [1.54, 1.807) is 36.4 Å². The fourth-order valence-electron chi connectivity index (χ4n) is 6.85. The molecule has 2 atom stereocenters. The van der Waals surface area contributed by atoms with Gasteiger partial charge < -0.3 is 33.9 Å².